The Morgan fingerprint density at radius 3 is 2.36 bits per heavy atom. The lowest BCUT2D eigenvalue weighted by atomic mass is 9.81. The average molecular weight is 475 g/mol. The van der Waals surface area contributed by atoms with Crippen molar-refractivity contribution in [2.45, 2.75) is 30.0 Å². The van der Waals surface area contributed by atoms with E-state index in [0.717, 1.165) is 35.4 Å². The van der Waals surface area contributed by atoms with Crippen LogP contribution in [0.2, 0.25) is 0 Å². The van der Waals surface area contributed by atoms with Gasteiger partial charge in [0.1, 0.15) is 0 Å². The molecule has 2 atom stereocenters. The van der Waals surface area contributed by atoms with Crippen LogP contribution in [0.25, 0.3) is 11.1 Å². The number of sulfonamides is 1. The van der Waals surface area contributed by atoms with Crippen molar-refractivity contribution in [1.29, 1.82) is 0 Å². The van der Waals surface area contributed by atoms with Crippen LogP contribution >= 0.6 is 0 Å². The first-order valence-corrected chi connectivity index (χ1v) is 12.0. The van der Waals surface area contributed by atoms with Crippen LogP contribution in [-0.2, 0) is 22.7 Å². The fraction of sp³-hybridized carbons (Fsp3) is 0.292. The minimum absolute atomic E-state index is 0.0967. The van der Waals surface area contributed by atoms with Crippen LogP contribution in [0.5, 0.6) is 0 Å². The number of fused-ring (bicyclic) bond motifs is 4. The van der Waals surface area contributed by atoms with Gasteiger partial charge in [0.05, 0.1) is 10.5 Å². The SMILES string of the molecule is O=c1ccc(-c2ccccc2)c2n1C[C@H]1C[C@H]2CN(S(=O)(=O)c2cccc(C(F)(F)F)c2)C1. The lowest BCUT2D eigenvalue weighted by Gasteiger charge is -2.43. The molecule has 0 N–H and O–H groups in total. The van der Waals surface area contributed by atoms with Crippen molar-refractivity contribution in [3.63, 3.8) is 0 Å². The summed E-state index contributed by atoms with van der Waals surface area (Å²) in [6, 6.07) is 16.7. The van der Waals surface area contributed by atoms with Crippen LogP contribution in [0, 0.1) is 5.92 Å². The van der Waals surface area contributed by atoms with Gasteiger partial charge in [0.2, 0.25) is 10.0 Å². The van der Waals surface area contributed by atoms with Crippen molar-refractivity contribution in [3.8, 4) is 11.1 Å². The third-order valence-corrected chi connectivity index (χ3v) is 8.27. The molecular weight excluding hydrogens is 453 g/mol. The number of aromatic nitrogens is 1. The molecule has 9 heteroatoms. The van der Waals surface area contributed by atoms with E-state index in [1.54, 1.807) is 10.6 Å². The highest BCUT2D eigenvalue weighted by Gasteiger charge is 2.41. The smallest absolute Gasteiger partial charge is 0.311 e. The lowest BCUT2D eigenvalue weighted by Crippen LogP contribution is -2.49. The van der Waals surface area contributed by atoms with Crippen molar-refractivity contribution in [2.24, 2.45) is 5.92 Å². The van der Waals surface area contributed by atoms with Crippen molar-refractivity contribution in [3.05, 3.63) is 88.3 Å². The molecule has 0 amide bonds. The monoisotopic (exact) mass is 474 g/mol. The Morgan fingerprint density at radius 2 is 1.64 bits per heavy atom. The maximum atomic E-state index is 13.3. The van der Waals surface area contributed by atoms with E-state index in [2.05, 4.69) is 0 Å². The standard InChI is InChI=1S/C24H21F3N2O3S/c25-24(26,27)19-7-4-8-20(12-19)33(31,32)28-13-16-11-18(15-28)23-21(17-5-2-1-3-6-17)9-10-22(30)29(23)14-16/h1-10,12,16,18H,11,13-15H2/t16-,18-/m0/s1. The zero-order valence-corrected chi connectivity index (χ0v) is 18.3. The molecule has 2 aliphatic heterocycles. The van der Waals surface area contributed by atoms with E-state index < -0.39 is 21.8 Å². The van der Waals surface area contributed by atoms with Crippen LogP contribution in [-0.4, -0.2) is 30.4 Å². The topological polar surface area (TPSA) is 59.4 Å². The summed E-state index contributed by atoms with van der Waals surface area (Å²) >= 11 is 0. The highest BCUT2D eigenvalue weighted by atomic mass is 32.2. The maximum absolute atomic E-state index is 13.3. The molecule has 5 nitrogen and oxygen atoms in total. The number of benzene rings is 2. The Bertz CT molecular complexity index is 1370. The summed E-state index contributed by atoms with van der Waals surface area (Å²) in [4.78, 5) is 12.3. The van der Waals surface area contributed by atoms with Gasteiger partial charge in [0.15, 0.2) is 0 Å². The number of rotatable bonds is 3. The average Bonchev–Trinajstić information content (AvgIpc) is 2.80. The Morgan fingerprint density at radius 1 is 0.879 bits per heavy atom. The Labute approximate surface area is 189 Å². The highest BCUT2D eigenvalue weighted by molar-refractivity contribution is 7.89. The van der Waals surface area contributed by atoms with E-state index in [-0.39, 0.29) is 35.4 Å². The summed E-state index contributed by atoms with van der Waals surface area (Å²) in [6.45, 7) is 0.648. The number of pyridine rings is 1. The first-order chi connectivity index (χ1) is 15.6. The largest absolute Gasteiger partial charge is 0.416 e. The third kappa shape index (κ3) is 3.89. The molecule has 0 unspecified atom stereocenters. The number of piperidine rings is 1. The highest BCUT2D eigenvalue weighted by Crippen LogP contribution is 2.41. The second-order valence-electron chi connectivity index (χ2n) is 8.59. The van der Waals surface area contributed by atoms with E-state index >= 15 is 0 Å². The van der Waals surface area contributed by atoms with Crippen molar-refractivity contribution in [1.82, 2.24) is 8.87 Å². The Hall–Kier alpha value is -2.91. The molecule has 3 heterocycles. The molecule has 0 radical (unpaired) electrons. The number of nitrogens with zero attached hydrogens (tertiary/aromatic N) is 2. The molecular formula is C24H21F3N2O3S. The fourth-order valence-corrected chi connectivity index (χ4v) is 6.62. The van der Waals surface area contributed by atoms with Gasteiger partial charge in [0.25, 0.3) is 5.56 Å². The molecule has 0 saturated carbocycles. The quantitative estimate of drug-likeness (QED) is 0.568. The fourth-order valence-electron chi connectivity index (χ4n) is 5.01. The molecule has 33 heavy (non-hydrogen) atoms. The van der Waals surface area contributed by atoms with Gasteiger partial charge in [-0.15, -0.1) is 0 Å². The summed E-state index contributed by atoms with van der Waals surface area (Å²) in [6.07, 6.45) is -3.91. The summed E-state index contributed by atoms with van der Waals surface area (Å²) in [7, 11) is -4.13. The molecule has 1 saturated heterocycles. The molecule has 1 fully saturated rings. The van der Waals surface area contributed by atoms with Crippen LogP contribution < -0.4 is 5.56 Å². The summed E-state index contributed by atoms with van der Waals surface area (Å²) in [5.41, 5.74) is 1.46. The number of hydrogen-bond acceptors (Lipinski definition) is 3. The second-order valence-corrected chi connectivity index (χ2v) is 10.5. The van der Waals surface area contributed by atoms with Gasteiger partial charge in [0, 0.05) is 42.9 Å². The summed E-state index contributed by atoms with van der Waals surface area (Å²) in [5.74, 6) is -0.331. The van der Waals surface area contributed by atoms with Gasteiger partial charge >= 0.3 is 6.18 Å². The first kappa shape index (κ1) is 21.9. The van der Waals surface area contributed by atoms with Crippen molar-refractivity contribution in [2.75, 3.05) is 13.1 Å². The molecule has 0 aliphatic carbocycles. The molecule has 172 valence electrons. The zero-order chi connectivity index (χ0) is 23.4. The second kappa shape index (κ2) is 7.85. The zero-order valence-electron chi connectivity index (χ0n) is 17.5. The van der Waals surface area contributed by atoms with Crippen molar-refractivity contribution < 1.29 is 21.6 Å². The maximum Gasteiger partial charge on any atom is 0.416 e. The minimum atomic E-state index is -4.63. The predicted octanol–water partition coefficient (Wildman–Crippen LogP) is 4.34. The predicted molar refractivity (Wildman–Crippen MR) is 117 cm³/mol. The van der Waals surface area contributed by atoms with E-state index in [0.29, 0.717) is 12.6 Å². The lowest BCUT2D eigenvalue weighted by molar-refractivity contribution is -0.137. The van der Waals surface area contributed by atoms with Gasteiger partial charge in [-0.2, -0.15) is 17.5 Å². The van der Waals surface area contributed by atoms with Gasteiger partial charge in [-0.25, -0.2) is 8.42 Å². The van der Waals surface area contributed by atoms with E-state index in [1.165, 1.54) is 16.4 Å². The van der Waals surface area contributed by atoms with E-state index in [9.17, 15) is 26.4 Å². The Kier molecular flexibility index (Phi) is 5.21. The minimum Gasteiger partial charge on any atom is -0.311 e. The molecule has 2 aromatic carbocycles. The molecule has 2 bridgehead atoms. The number of halogens is 3. The molecule has 2 aliphatic rings. The van der Waals surface area contributed by atoms with Crippen LogP contribution in [0.4, 0.5) is 13.2 Å². The number of alkyl halides is 3. The van der Waals surface area contributed by atoms with Gasteiger partial charge < -0.3 is 4.57 Å². The van der Waals surface area contributed by atoms with Gasteiger partial charge in [-0.05, 0) is 42.2 Å². The summed E-state index contributed by atoms with van der Waals surface area (Å²) in [5, 5.41) is 0. The first-order valence-electron chi connectivity index (χ1n) is 10.6. The molecule has 0 spiro atoms. The van der Waals surface area contributed by atoms with Crippen LogP contribution in [0.3, 0.4) is 0 Å². The van der Waals surface area contributed by atoms with Gasteiger partial charge in [-0.1, -0.05) is 36.4 Å². The normalized spacial score (nSPS) is 20.9. The molecule has 3 aromatic rings. The van der Waals surface area contributed by atoms with Crippen LogP contribution in [0.15, 0.2) is 76.4 Å². The van der Waals surface area contributed by atoms with Crippen molar-refractivity contribution >= 4 is 10.0 Å². The number of hydrogen-bond donors (Lipinski definition) is 0. The van der Waals surface area contributed by atoms with Gasteiger partial charge in [-0.3, -0.25) is 4.79 Å². The summed E-state index contributed by atoms with van der Waals surface area (Å²) < 4.78 is 69.1. The molecule has 5 rings (SSSR count). The van der Waals surface area contributed by atoms with Crippen LogP contribution in [0.1, 0.15) is 23.6 Å². The van der Waals surface area contributed by atoms with E-state index in [1.807, 2.05) is 30.3 Å². The van der Waals surface area contributed by atoms with E-state index in [4.69, 9.17) is 0 Å². The molecule has 1 aromatic heterocycles. The Balaban J connectivity index is 1.55. The third-order valence-electron chi connectivity index (χ3n) is 6.44.